The van der Waals surface area contributed by atoms with E-state index < -0.39 is 5.82 Å². The highest BCUT2D eigenvalue weighted by atomic mass is 35.5. The van der Waals surface area contributed by atoms with Crippen molar-refractivity contribution in [2.24, 2.45) is 11.7 Å². The molecule has 2 aromatic carbocycles. The van der Waals surface area contributed by atoms with E-state index in [-0.39, 0.29) is 28.6 Å². The van der Waals surface area contributed by atoms with Crippen molar-refractivity contribution in [2.75, 3.05) is 39.2 Å². The number of anilines is 2. The van der Waals surface area contributed by atoms with E-state index >= 15 is 4.39 Å². The second-order valence-electron chi connectivity index (χ2n) is 9.73. The lowest BCUT2D eigenvalue weighted by atomic mass is 9.98. The molecule has 5 rings (SSSR count). The summed E-state index contributed by atoms with van der Waals surface area (Å²) in [6.07, 6.45) is 4.68. The number of nitriles is 1. The maximum Gasteiger partial charge on any atom is 0.167 e. The van der Waals surface area contributed by atoms with Crippen molar-refractivity contribution < 1.29 is 18.6 Å². The number of piperidine rings is 1. The van der Waals surface area contributed by atoms with Gasteiger partial charge in [0.1, 0.15) is 17.8 Å². The largest absolute Gasteiger partial charge is 0.493 e. The van der Waals surface area contributed by atoms with Crippen molar-refractivity contribution in [3.63, 3.8) is 0 Å². The first kappa shape index (κ1) is 32.5. The Kier molecular flexibility index (Phi) is 11.4. The van der Waals surface area contributed by atoms with E-state index in [9.17, 15) is 5.26 Å². The number of ether oxygens (including phenoxy) is 3. The zero-order valence-electron chi connectivity index (χ0n) is 24.2. The second-order valence-corrected chi connectivity index (χ2v) is 10.5. The van der Waals surface area contributed by atoms with Crippen LogP contribution in [0.15, 0.2) is 48.7 Å². The number of nitrogens with two attached hydrogens (primary N) is 1. The van der Waals surface area contributed by atoms with Gasteiger partial charge in [0.25, 0.3) is 0 Å². The molecule has 1 aliphatic heterocycles. The number of halogens is 3. The zero-order valence-corrected chi connectivity index (χ0v) is 25.8. The molecular weight excluding hydrogens is 608 g/mol. The monoisotopic (exact) mass is 639 g/mol. The number of nitrogens with one attached hydrogen (secondary N) is 2. The number of benzene rings is 2. The SMILES string of the molecule is CN.COc1cc2c(Nc3cc(F)c(OCc4cccc(Cl)n4)cc3Cl)c(C#N)cnc2cc1OCC1CCN(C=N)CC1. The molecule has 0 spiro atoms. The van der Waals surface area contributed by atoms with Crippen LogP contribution in [0.25, 0.3) is 10.9 Å². The van der Waals surface area contributed by atoms with Crippen LogP contribution < -0.4 is 25.3 Å². The topological polar surface area (TPSA) is 142 Å². The van der Waals surface area contributed by atoms with E-state index in [0.29, 0.717) is 51.5 Å². The van der Waals surface area contributed by atoms with Crippen LogP contribution in [0.3, 0.4) is 0 Å². The van der Waals surface area contributed by atoms with Crippen LogP contribution in [0.4, 0.5) is 15.8 Å². The summed E-state index contributed by atoms with van der Waals surface area (Å²) in [5, 5.41) is 21.4. The average molecular weight is 641 g/mol. The van der Waals surface area contributed by atoms with Gasteiger partial charge in [-0.05, 0) is 44.0 Å². The Hall–Kier alpha value is -4.37. The molecule has 4 N–H and O–H groups in total. The molecule has 3 heterocycles. The first-order chi connectivity index (χ1) is 21.4. The number of fused-ring (bicyclic) bond motifs is 1. The Morgan fingerprint density at radius 1 is 1.14 bits per heavy atom. The molecule has 44 heavy (non-hydrogen) atoms. The number of nitrogens with zero attached hydrogens (tertiary/aromatic N) is 4. The summed E-state index contributed by atoms with van der Waals surface area (Å²) >= 11 is 12.4. The van der Waals surface area contributed by atoms with Gasteiger partial charge in [-0.3, -0.25) is 10.4 Å². The maximum atomic E-state index is 15.1. The highest BCUT2D eigenvalue weighted by molar-refractivity contribution is 6.33. The van der Waals surface area contributed by atoms with Gasteiger partial charge in [0.2, 0.25) is 0 Å². The van der Waals surface area contributed by atoms with Gasteiger partial charge in [0.05, 0.1) is 53.2 Å². The lowest BCUT2D eigenvalue weighted by Crippen LogP contribution is -2.34. The number of rotatable bonds is 10. The van der Waals surface area contributed by atoms with Crippen LogP contribution in [-0.2, 0) is 6.61 Å². The Morgan fingerprint density at radius 2 is 1.91 bits per heavy atom. The third-order valence-corrected chi connectivity index (χ3v) is 7.53. The molecule has 0 amide bonds. The number of hydrogen-bond acceptors (Lipinski definition) is 9. The van der Waals surface area contributed by atoms with Gasteiger partial charge >= 0.3 is 0 Å². The van der Waals surface area contributed by atoms with Gasteiger partial charge in [-0.15, -0.1) is 0 Å². The molecule has 0 saturated carbocycles. The molecule has 0 aliphatic carbocycles. The summed E-state index contributed by atoms with van der Waals surface area (Å²) in [4.78, 5) is 10.6. The molecule has 13 heteroatoms. The normalized spacial score (nSPS) is 13.0. The van der Waals surface area contributed by atoms with Crippen molar-refractivity contribution in [3.8, 4) is 23.3 Å². The van der Waals surface area contributed by atoms with Crippen LogP contribution in [0.1, 0.15) is 24.1 Å². The van der Waals surface area contributed by atoms with Crippen molar-refractivity contribution in [1.82, 2.24) is 14.9 Å². The van der Waals surface area contributed by atoms with Crippen LogP contribution in [-0.4, -0.2) is 55.1 Å². The molecule has 10 nitrogen and oxygen atoms in total. The number of aromatic nitrogens is 2. The summed E-state index contributed by atoms with van der Waals surface area (Å²) in [5.74, 6) is 0.649. The van der Waals surface area contributed by atoms with E-state index in [1.165, 1.54) is 38.8 Å². The van der Waals surface area contributed by atoms with Crippen molar-refractivity contribution >= 4 is 51.8 Å². The Labute approximate surface area is 265 Å². The molecular formula is C31H32Cl2FN7O3. The van der Waals surface area contributed by atoms with Crippen molar-refractivity contribution in [1.29, 1.82) is 10.7 Å². The highest BCUT2D eigenvalue weighted by Gasteiger charge is 2.21. The van der Waals surface area contributed by atoms with Gasteiger partial charge in [-0.25, -0.2) is 9.37 Å². The van der Waals surface area contributed by atoms with Gasteiger partial charge in [-0.1, -0.05) is 29.3 Å². The molecule has 1 saturated heterocycles. The molecule has 4 aromatic rings. The number of pyridine rings is 2. The fourth-order valence-electron chi connectivity index (χ4n) is 4.70. The highest BCUT2D eigenvalue weighted by Crippen LogP contribution is 2.39. The van der Waals surface area contributed by atoms with E-state index in [2.05, 4.69) is 27.1 Å². The number of hydrogen-bond donors (Lipinski definition) is 3. The molecule has 0 atom stereocenters. The molecule has 230 valence electrons. The minimum Gasteiger partial charge on any atom is -0.493 e. The molecule has 1 aliphatic rings. The van der Waals surface area contributed by atoms with Gasteiger partial charge in [0, 0.05) is 42.9 Å². The third-order valence-electron chi connectivity index (χ3n) is 7.01. The molecule has 0 radical (unpaired) electrons. The van der Waals surface area contributed by atoms with Gasteiger partial charge in [-0.2, -0.15) is 5.26 Å². The smallest absolute Gasteiger partial charge is 0.167 e. The van der Waals surface area contributed by atoms with Gasteiger partial charge in [0.15, 0.2) is 23.1 Å². The fraction of sp³-hybridized carbons (Fsp3) is 0.290. The Balaban J connectivity index is 0.00000216. The summed E-state index contributed by atoms with van der Waals surface area (Å²) < 4.78 is 32.4. The van der Waals surface area contributed by atoms with Crippen LogP contribution >= 0.6 is 23.2 Å². The fourth-order valence-corrected chi connectivity index (χ4v) is 5.08. The van der Waals surface area contributed by atoms with E-state index in [4.69, 9.17) is 42.8 Å². The first-order valence-electron chi connectivity index (χ1n) is 13.7. The number of likely N-dealkylation sites (tertiary alicyclic amines) is 1. The summed E-state index contributed by atoms with van der Waals surface area (Å²) in [7, 11) is 3.04. The Morgan fingerprint density at radius 3 is 2.59 bits per heavy atom. The Bertz CT molecular complexity index is 1660. The zero-order chi connectivity index (χ0) is 31.6. The van der Waals surface area contributed by atoms with Crippen LogP contribution in [0, 0.1) is 28.5 Å². The maximum absolute atomic E-state index is 15.1. The average Bonchev–Trinajstić information content (AvgIpc) is 3.05. The molecule has 0 unspecified atom stereocenters. The van der Waals surface area contributed by atoms with Crippen molar-refractivity contribution in [2.45, 2.75) is 19.4 Å². The first-order valence-corrected chi connectivity index (χ1v) is 14.5. The number of methoxy groups -OCH3 is 1. The predicted molar refractivity (Wildman–Crippen MR) is 170 cm³/mol. The quantitative estimate of drug-likeness (QED) is 0.0999. The molecule has 0 bridgehead atoms. The van der Waals surface area contributed by atoms with Gasteiger partial charge < -0.3 is 30.2 Å². The van der Waals surface area contributed by atoms with Crippen LogP contribution in [0.5, 0.6) is 17.2 Å². The summed E-state index contributed by atoms with van der Waals surface area (Å²) in [6.45, 7) is 2.16. The predicted octanol–water partition coefficient (Wildman–Crippen LogP) is 6.55. The second kappa shape index (κ2) is 15.4. The standard InChI is InChI=1S/C30H27Cl2FN6O3.CH5N/c1-40-27-9-21-24(12-28(27)41-15-18-5-7-39(17-35)8-6-18)36-14-19(13-34)30(21)38-25-11-23(33)26(10-22(25)31)42-16-20-3-2-4-29(32)37-20;1-2/h2-4,9-12,14,17-18,35H,5-8,15-16H2,1H3,(H,36,38);2H2,1H3. The minimum absolute atomic E-state index is 0.00132. The molecule has 1 fully saturated rings. The lowest BCUT2D eigenvalue weighted by molar-refractivity contribution is 0.179. The third kappa shape index (κ3) is 7.77. The van der Waals surface area contributed by atoms with Crippen LogP contribution in [0.2, 0.25) is 10.2 Å². The minimum atomic E-state index is -0.652. The lowest BCUT2D eigenvalue weighted by Gasteiger charge is -2.30. The summed E-state index contributed by atoms with van der Waals surface area (Å²) in [6, 6.07) is 13.3. The van der Waals surface area contributed by atoms with E-state index in [1.54, 1.807) is 30.3 Å². The van der Waals surface area contributed by atoms with E-state index in [1.807, 2.05) is 4.90 Å². The molecule has 2 aromatic heterocycles. The van der Waals surface area contributed by atoms with E-state index in [0.717, 1.165) is 25.9 Å². The summed E-state index contributed by atoms with van der Waals surface area (Å²) in [5.41, 5.74) is 6.45. The van der Waals surface area contributed by atoms with Crippen molar-refractivity contribution in [3.05, 3.63) is 75.9 Å².